The molecule has 0 radical (unpaired) electrons. The Morgan fingerprint density at radius 2 is 1.59 bits per heavy atom. The number of anilines is 1. The summed E-state index contributed by atoms with van der Waals surface area (Å²) in [5.74, 6) is 0.228. The average molecular weight is 365 g/mol. The lowest BCUT2D eigenvalue weighted by molar-refractivity contribution is -0.126. The monoisotopic (exact) mass is 365 g/mol. The zero-order chi connectivity index (χ0) is 19.1. The first-order valence-corrected chi connectivity index (χ1v) is 9.49. The molecule has 2 aromatic carbocycles. The molecule has 1 aliphatic heterocycles. The quantitative estimate of drug-likeness (QED) is 0.856. The fourth-order valence-electron chi connectivity index (χ4n) is 3.38. The minimum atomic E-state index is 0.0342. The molecule has 142 valence electrons. The maximum Gasteiger partial charge on any atom is 0.240 e. The van der Waals surface area contributed by atoms with Crippen LogP contribution in [0, 0.1) is 5.92 Å². The van der Waals surface area contributed by atoms with E-state index < -0.39 is 0 Å². The van der Waals surface area contributed by atoms with Gasteiger partial charge in [-0.05, 0) is 43.6 Å². The van der Waals surface area contributed by atoms with Crippen molar-refractivity contribution >= 4 is 17.5 Å². The average Bonchev–Trinajstić information content (AvgIpc) is 2.73. The summed E-state index contributed by atoms with van der Waals surface area (Å²) in [5, 5.41) is 3.03. The van der Waals surface area contributed by atoms with Crippen LogP contribution in [0.3, 0.4) is 0 Å². The molecular weight excluding hydrogens is 338 g/mol. The lowest BCUT2D eigenvalue weighted by Crippen LogP contribution is -2.44. The topological polar surface area (TPSA) is 52.7 Å². The molecule has 1 saturated heterocycles. The first-order valence-electron chi connectivity index (χ1n) is 9.49. The molecule has 0 aliphatic carbocycles. The molecular formula is C22H27N3O2. The second-order valence-electron chi connectivity index (χ2n) is 7.04. The fraction of sp³-hybridized carbons (Fsp3) is 0.364. The van der Waals surface area contributed by atoms with Crippen LogP contribution in [0.4, 0.5) is 5.69 Å². The summed E-state index contributed by atoms with van der Waals surface area (Å²) in [5.41, 5.74) is 2.01. The second-order valence-corrected chi connectivity index (χ2v) is 7.04. The van der Waals surface area contributed by atoms with Crippen molar-refractivity contribution in [3.63, 3.8) is 0 Å². The van der Waals surface area contributed by atoms with Crippen molar-refractivity contribution in [3.05, 3.63) is 66.2 Å². The van der Waals surface area contributed by atoms with Crippen LogP contribution in [0.25, 0.3) is 0 Å². The van der Waals surface area contributed by atoms with Gasteiger partial charge in [0.1, 0.15) is 0 Å². The maximum atomic E-state index is 12.5. The van der Waals surface area contributed by atoms with E-state index in [-0.39, 0.29) is 17.7 Å². The number of carbonyl (C=O) groups is 2. The van der Waals surface area contributed by atoms with E-state index in [0.717, 1.165) is 37.2 Å². The number of nitrogens with zero attached hydrogens (tertiary/aromatic N) is 2. The highest BCUT2D eigenvalue weighted by molar-refractivity contribution is 5.94. The van der Waals surface area contributed by atoms with E-state index in [2.05, 4.69) is 10.2 Å². The van der Waals surface area contributed by atoms with Crippen LogP contribution in [0.1, 0.15) is 18.4 Å². The minimum Gasteiger partial charge on any atom is -0.352 e. The van der Waals surface area contributed by atoms with Crippen LogP contribution in [0.2, 0.25) is 0 Å². The number of carbonyl (C=O) groups excluding carboxylic acids is 2. The molecule has 1 aliphatic rings. The zero-order valence-corrected chi connectivity index (χ0v) is 15.8. The van der Waals surface area contributed by atoms with Gasteiger partial charge in [0.2, 0.25) is 11.8 Å². The Bertz CT molecular complexity index is 741. The molecule has 0 atom stereocenters. The minimum absolute atomic E-state index is 0.0342. The molecule has 3 rings (SSSR count). The molecule has 0 unspecified atom stereocenters. The summed E-state index contributed by atoms with van der Waals surface area (Å²) in [6.07, 6.45) is 1.59. The van der Waals surface area contributed by atoms with Gasteiger partial charge in [-0.2, -0.15) is 0 Å². The molecule has 0 bridgehead atoms. The second kappa shape index (κ2) is 9.33. The van der Waals surface area contributed by atoms with Gasteiger partial charge in [0.25, 0.3) is 0 Å². The Hall–Kier alpha value is -2.66. The SMILES string of the molecule is CN(C(=O)CN1CCC(C(=O)NCc2ccccc2)CC1)c1ccccc1. The first kappa shape index (κ1) is 19.1. The predicted octanol–water partition coefficient (Wildman–Crippen LogP) is 2.68. The number of likely N-dealkylation sites (tertiary alicyclic amines) is 1. The van der Waals surface area contributed by atoms with Crippen molar-refractivity contribution in [3.8, 4) is 0 Å². The number of piperidine rings is 1. The standard InChI is InChI=1S/C22H27N3O2/c1-24(20-10-6-3-7-11-20)21(26)17-25-14-12-19(13-15-25)22(27)23-16-18-8-4-2-5-9-18/h2-11,19H,12-17H2,1H3,(H,23,27). The number of benzene rings is 2. The number of rotatable bonds is 6. The number of nitrogens with one attached hydrogen (secondary N) is 1. The lowest BCUT2D eigenvalue weighted by Gasteiger charge is -2.32. The lowest BCUT2D eigenvalue weighted by atomic mass is 9.96. The van der Waals surface area contributed by atoms with E-state index in [1.807, 2.05) is 60.7 Å². The number of para-hydroxylation sites is 1. The summed E-state index contributed by atoms with van der Waals surface area (Å²) in [4.78, 5) is 28.7. The van der Waals surface area contributed by atoms with E-state index in [1.54, 1.807) is 11.9 Å². The van der Waals surface area contributed by atoms with Crippen LogP contribution in [-0.4, -0.2) is 43.4 Å². The molecule has 1 N–H and O–H groups in total. The van der Waals surface area contributed by atoms with Crippen LogP contribution in [0.15, 0.2) is 60.7 Å². The molecule has 27 heavy (non-hydrogen) atoms. The van der Waals surface area contributed by atoms with Crippen molar-refractivity contribution < 1.29 is 9.59 Å². The van der Waals surface area contributed by atoms with Crippen molar-refractivity contribution in [2.75, 3.05) is 31.6 Å². The Kier molecular flexibility index (Phi) is 6.60. The van der Waals surface area contributed by atoms with Crippen LogP contribution < -0.4 is 10.2 Å². The van der Waals surface area contributed by atoms with Crippen molar-refractivity contribution in [2.45, 2.75) is 19.4 Å². The molecule has 5 heteroatoms. The highest BCUT2D eigenvalue weighted by Crippen LogP contribution is 2.18. The number of hydrogen-bond donors (Lipinski definition) is 1. The number of amides is 2. The highest BCUT2D eigenvalue weighted by atomic mass is 16.2. The van der Waals surface area contributed by atoms with Crippen LogP contribution in [-0.2, 0) is 16.1 Å². The van der Waals surface area contributed by atoms with Crippen LogP contribution >= 0.6 is 0 Å². The third-order valence-electron chi connectivity index (χ3n) is 5.14. The molecule has 0 spiro atoms. The molecule has 2 aromatic rings. The molecule has 1 heterocycles. The van der Waals surface area contributed by atoms with Crippen LogP contribution in [0.5, 0.6) is 0 Å². The van der Waals surface area contributed by atoms with E-state index in [9.17, 15) is 9.59 Å². The molecule has 5 nitrogen and oxygen atoms in total. The normalized spacial score (nSPS) is 15.3. The van der Waals surface area contributed by atoms with Gasteiger partial charge in [0, 0.05) is 25.2 Å². The predicted molar refractivity (Wildman–Crippen MR) is 107 cm³/mol. The largest absolute Gasteiger partial charge is 0.352 e. The summed E-state index contributed by atoms with van der Waals surface area (Å²) < 4.78 is 0. The van der Waals surface area contributed by atoms with E-state index in [1.165, 1.54) is 0 Å². The zero-order valence-electron chi connectivity index (χ0n) is 15.8. The first-order chi connectivity index (χ1) is 13.1. The molecule has 0 saturated carbocycles. The van der Waals surface area contributed by atoms with E-state index >= 15 is 0 Å². The number of hydrogen-bond acceptors (Lipinski definition) is 3. The third-order valence-corrected chi connectivity index (χ3v) is 5.14. The van der Waals surface area contributed by atoms with Gasteiger partial charge in [0.15, 0.2) is 0 Å². The van der Waals surface area contributed by atoms with Gasteiger partial charge in [-0.1, -0.05) is 48.5 Å². The molecule has 0 aromatic heterocycles. The summed E-state index contributed by atoms with van der Waals surface area (Å²) in [7, 11) is 1.81. The fourth-order valence-corrected chi connectivity index (χ4v) is 3.38. The van der Waals surface area contributed by atoms with Gasteiger partial charge in [0.05, 0.1) is 6.54 Å². The van der Waals surface area contributed by atoms with Gasteiger partial charge in [-0.3, -0.25) is 14.5 Å². The highest BCUT2D eigenvalue weighted by Gasteiger charge is 2.26. The number of likely N-dealkylation sites (N-methyl/N-ethyl adjacent to an activating group) is 1. The van der Waals surface area contributed by atoms with Crippen molar-refractivity contribution in [1.29, 1.82) is 0 Å². The van der Waals surface area contributed by atoms with Gasteiger partial charge < -0.3 is 10.2 Å². The van der Waals surface area contributed by atoms with Crippen molar-refractivity contribution in [2.24, 2.45) is 5.92 Å². The Balaban J connectivity index is 1.42. The van der Waals surface area contributed by atoms with Gasteiger partial charge >= 0.3 is 0 Å². The maximum absolute atomic E-state index is 12.5. The van der Waals surface area contributed by atoms with Gasteiger partial charge in [-0.25, -0.2) is 0 Å². The third kappa shape index (κ3) is 5.41. The smallest absolute Gasteiger partial charge is 0.240 e. The molecule has 2 amide bonds. The Labute approximate surface area is 161 Å². The van der Waals surface area contributed by atoms with E-state index in [4.69, 9.17) is 0 Å². The van der Waals surface area contributed by atoms with Gasteiger partial charge in [-0.15, -0.1) is 0 Å². The Morgan fingerprint density at radius 3 is 2.22 bits per heavy atom. The van der Waals surface area contributed by atoms with E-state index in [0.29, 0.717) is 13.1 Å². The van der Waals surface area contributed by atoms with Crippen molar-refractivity contribution in [1.82, 2.24) is 10.2 Å². The summed E-state index contributed by atoms with van der Waals surface area (Å²) in [6, 6.07) is 19.6. The Morgan fingerprint density at radius 1 is 1.00 bits per heavy atom. The summed E-state index contributed by atoms with van der Waals surface area (Å²) in [6.45, 7) is 2.51. The summed E-state index contributed by atoms with van der Waals surface area (Å²) >= 11 is 0. The molecule has 1 fully saturated rings.